The molecule has 3 nitrogen and oxygen atoms in total. The van der Waals surface area contributed by atoms with E-state index in [0.717, 1.165) is 26.6 Å². The average molecular weight is 279 g/mol. The molecule has 0 bridgehead atoms. The minimum atomic E-state index is 0.117. The summed E-state index contributed by atoms with van der Waals surface area (Å²) in [5.74, 6) is 0.784. The van der Waals surface area contributed by atoms with Crippen LogP contribution in [0, 0.1) is 0 Å². The number of hydrogen-bond acceptors (Lipinski definition) is 4. The van der Waals surface area contributed by atoms with Crippen LogP contribution in [0.3, 0.4) is 0 Å². The molecule has 0 aliphatic carbocycles. The largest absolute Gasteiger partial charge is 0.433 e. The predicted molar refractivity (Wildman–Crippen MR) is 76.9 cm³/mol. The minimum absolute atomic E-state index is 0.117. The monoisotopic (exact) mass is 279 g/mol. The van der Waals surface area contributed by atoms with E-state index in [1.165, 1.54) is 0 Å². The Bertz CT molecular complexity index is 760. The molecule has 0 fully saturated rings. The highest BCUT2D eigenvalue weighted by molar-refractivity contribution is 7.99. The predicted octanol–water partition coefficient (Wildman–Crippen LogP) is 4.29. The van der Waals surface area contributed by atoms with Crippen LogP contribution in [0.2, 0.25) is 0 Å². The number of rotatable bonds is 1. The fourth-order valence-electron chi connectivity index (χ4n) is 2.37. The molecular formula is C16H9NO2S. The minimum Gasteiger partial charge on any atom is -0.433 e. The molecule has 4 rings (SSSR count). The third-order valence-electron chi connectivity index (χ3n) is 3.24. The molecule has 1 aliphatic rings. The zero-order valence-electron chi connectivity index (χ0n) is 10.4. The van der Waals surface area contributed by atoms with Crippen molar-refractivity contribution in [2.75, 3.05) is 0 Å². The number of nitrogens with zero attached hydrogens (tertiary/aromatic N) is 1. The van der Waals surface area contributed by atoms with Gasteiger partial charge in [0.15, 0.2) is 5.76 Å². The summed E-state index contributed by atoms with van der Waals surface area (Å²) in [7, 11) is 0. The summed E-state index contributed by atoms with van der Waals surface area (Å²) in [6.07, 6.45) is 0.646. The van der Waals surface area contributed by atoms with Crippen molar-refractivity contribution in [3.63, 3.8) is 0 Å². The van der Waals surface area contributed by atoms with Gasteiger partial charge in [0.2, 0.25) is 6.29 Å². The van der Waals surface area contributed by atoms with Crippen molar-refractivity contribution in [2.24, 2.45) is 0 Å². The topological polar surface area (TPSA) is 43.1 Å². The molecule has 0 atom stereocenters. The maximum Gasteiger partial charge on any atom is 0.260 e. The van der Waals surface area contributed by atoms with Gasteiger partial charge in [-0.05, 0) is 12.1 Å². The fourth-order valence-corrected chi connectivity index (χ4v) is 3.44. The maximum absolute atomic E-state index is 11.0. The van der Waals surface area contributed by atoms with Crippen molar-refractivity contribution in [3.05, 3.63) is 54.4 Å². The van der Waals surface area contributed by atoms with E-state index in [9.17, 15) is 4.79 Å². The summed E-state index contributed by atoms with van der Waals surface area (Å²) >= 11 is 1.69. The zero-order chi connectivity index (χ0) is 13.5. The maximum atomic E-state index is 11.0. The van der Waals surface area contributed by atoms with E-state index < -0.39 is 0 Å². The highest BCUT2D eigenvalue weighted by atomic mass is 32.2. The molecule has 96 valence electrons. The number of benzene rings is 2. The first kappa shape index (κ1) is 11.5. The van der Waals surface area contributed by atoms with Crippen molar-refractivity contribution >= 4 is 18.0 Å². The molecule has 0 saturated heterocycles. The molecule has 0 unspecified atom stereocenters. The first-order chi connectivity index (χ1) is 9.86. The second-order valence-electron chi connectivity index (χ2n) is 4.44. The highest BCUT2D eigenvalue weighted by Gasteiger charge is 2.24. The van der Waals surface area contributed by atoms with Gasteiger partial charge in [0.1, 0.15) is 5.69 Å². The molecule has 2 aromatic carbocycles. The quantitative estimate of drug-likeness (QED) is 0.488. The summed E-state index contributed by atoms with van der Waals surface area (Å²) in [6.45, 7) is 0. The van der Waals surface area contributed by atoms with Crippen molar-refractivity contribution in [1.82, 2.24) is 4.98 Å². The van der Waals surface area contributed by atoms with Crippen LogP contribution in [-0.2, 0) is 0 Å². The lowest BCUT2D eigenvalue weighted by molar-refractivity contribution is 0.109. The van der Waals surface area contributed by atoms with Crippen LogP contribution in [0.1, 0.15) is 10.7 Å². The molecule has 0 spiro atoms. The van der Waals surface area contributed by atoms with Crippen LogP contribution in [0.5, 0.6) is 0 Å². The van der Waals surface area contributed by atoms with Gasteiger partial charge in [-0.25, -0.2) is 4.98 Å². The van der Waals surface area contributed by atoms with E-state index in [1.54, 1.807) is 11.8 Å². The normalized spacial score (nSPS) is 12.0. The number of oxazole rings is 1. The lowest BCUT2D eigenvalue weighted by Crippen LogP contribution is -1.83. The SMILES string of the molecule is O=Cc1nc2c(o1)-c1ccccc1Sc1ccccc1-2. The molecule has 2 heterocycles. The summed E-state index contributed by atoms with van der Waals surface area (Å²) in [6, 6.07) is 16.0. The Labute approximate surface area is 119 Å². The van der Waals surface area contributed by atoms with Gasteiger partial charge < -0.3 is 4.42 Å². The Hall–Kier alpha value is -2.33. The molecule has 0 amide bonds. The van der Waals surface area contributed by atoms with Crippen molar-refractivity contribution < 1.29 is 9.21 Å². The fraction of sp³-hybridized carbons (Fsp3) is 0. The number of hydrogen-bond donors (Lipinski definition) is 0. The van der Waals surface area contributed by atoms with Gasteiger partial charge in [0.25, 0.3) is 5.89 Å². The van der Waals surface area contributed by atoms with E-state index in [4.69, 9.17) is 4.42 Å². The van der Waals surface area contributed by atoms with E-state index in [-0.39, 0.29) is 5.89 Å². The zero-order valence-corrected chi connectivity index (χ0v) is 11.2. The van der Waals surface area contributed by atoms with Crippen LogP contribution >= 0.6 is 11.8 Å². The Kier molecular flexibility index (Phi) is 2.50. The number of aldehydes is 1. The molecule has 3 aromatic rings. The Morgan fingerprint density at radius 3 is 2.35 bits per heavy atom. The first-order valence-electron chi connectivity index (χ1n) is 6.19. The standard InChI is InChI=1S/C16H9NO2S/c18-9-14-17-15-10-5-1-3-7-12(10)20-13-8-4-2-6-11(13)16(15)19-14/h1-9H. The van der Waals surface area contributed by atoms with Crippen LogP contribution in [0.4, 0.5) is 0 Å². The molecule has 0 radical (unpaired) electrons. The summed E-state index contributed by atoms with van der Waals surface area (Å²) in [4.78, 5) is 17.5. The number of aromatic nitrogens is 1. The van der Waals surface area contributed by atoms with Crippen LogP contribution < -0.4 is 0 Å². The van der Waals surface area contributed by atoms with Crippen LogP contribution in [-0.4, -0.2) is 11.3 Å². The third-order valence-corrected chi connectivity index (χ3v) is 4.39. The molecule has 4 heteroatoms. The molecule has 0 saturated carbocycles. The third kappa shape index (κ3) is 1.62. The summed E-state index contributed by atoms with van der Waals surface area (Å²) in [5, 5.41) is 0. The van der Waals surface area contributed by atoms with E-state index in [0.29, 0.717) is 12.0 Å². The van der Waals surface area contributed by atoms with Gasteiger partial charge in [0, 0.05) is 20.9 Å². The smallest absolute Gasteiger partial charge is 0.260 e. The molecule has 1 aromatic heterocycles. The second kappa shape index (κ2) is 4.35. The molecule has 0 N–H and O–H groups in total. The van der Waals surface area contributed by atoms with Gasteiger partial charge in [-0.1, -0.05) is 48.2 Å². The Morgan fingerprint density at radius 2 is 1.60 bits per heavy atom. The van der Waals surface area contributed by atoms with Crippen LogP contribution in [0.25, 0.3) is 22.6 Å². The average Bonchev–Trinajstić information content (AvgIpc) is 2.87. The lowest BCUT2D eigenvalue weighted by atomic mass is 10.1. The molecule has 20 heavy (non-hydrogen) atoms. The van der Waals surface area contributed by atoms with E-state index in [1.807, 2.05) is 36.4 Å². The van der Waals surface area contributed by atoms with Gasteiger partial charge in [-0.3, -0.25) is 4.79 Å². The number of fused-ring (bicyclic) bond motifs is 5. The lowest BCUT2D eigenvalue weighted by Gasteiger charge is -2.04. The Morgan fingerprint density at radius 1 is 0.950 bits per heavy atom. The van der Waals surface area contributed by atoms with Gasteiger partial charge in [0.05, 0.1) is 0 Å². The van der Waals surface area contributed by atoms with Crippen molar-refractivity contribution in [3.8, 4) is 22.6 Å². The molecular weight excluding hydrogens is 270 g/mol. The second-order valence-corrected chi connectivity index (χ2v) is 5.53. The molecule has 1 aliphatic heterocycles. The Balaban J connectivity index is 2.11. The van der Waals surface area contributed by atoms with Gasteiger partial charge in [-0.15, -0.1) is 0 Å². The summed E-state index contributed by atoms with van der Waals surface area (Å²) in [5.41, 5.74) is 2.71. The van der Waals surface area contributed by atoms with Crippen molar-refractivity contribution in [2.45, 2.75) is 9.79 Å². The highest BCUT2D eigenvalue weighted by Crippen LogP contribution is 2.47. The van der Waals surface area contributed by atoms with Gasteiger partial charge >= 0.3 is 0 Å². The summed E-state index contributed by atoms with van der Waals surface area (Å²) < 4.78 is 5.63. The van der Waals surface area contributed by atoms with E-state index in [2.05, 4.69) is 17.1 Å². The first-order valence-corrected chi connectivity index (χ1v) is 7.01. The van der Waals surface area contributed by atoms with Crippen LogP contribution in [0.15, 0.2) is 62.7 Å². The van der Waals surface area contributed by atoms with E-state index >= 15 is 0 Å². The van der Waals surface area contributed by atoms with Crippen molar-refractivity contribution in [1.29, 1.82) is 0 Å². The number of carbonyl (C=O) groups excluding carboxylic acids is 1. The number of carbonyl (C=O) groups is 1. The van der Waals surface area contributed by atoms with Gasteiger partial charge in [-0.2, -0.15) is 0 Å².